The zero-order chi connectivity index (χ0) is 8.55. The lowest BCUT2D eigenvalue weighted by atomic mass is 10.2. The Morgan fingerprint density at radius 2 is 1.83 bits per heavy atom. The Balaban J connectivity index is 2.84. The van der Waals surface area contributed by atoms with Gasteiger partial charge in [0.2, 0.25) is 0 Å². The van der Waals surface area contributed by atoms with E-state index in [4.69, 9.17) is 10.2 Å². The summed E-state index contributed by atoms with van der Waals surface area (Å²) in [4.78, 5) is 7.68. The molecule has 1 heterocycles. The number of hydrogen-bond donors (Lipinski definition) is 2. The Morgan fingerprint density at radius 1 is 1.08 bits per heavy atom. The number of nitrogens with zero attached hydrogens (tertiary/aromatic N) is 2. The van der Waals surface area contributed by atoms with E-state index in [1.54, 1.807) is 6.20 Å². The van der Waals surface area contributed by atoms with Crippen molar-refractivity contribution in [1.82, 2.24) is 9.97 Å². The lowest BCUT2D eigenvalue weighted by molar-refractivity contribution is 0.405. The minimum atomic E-state index is -0.166. The van der Waals surface area contributed by atoms with Gasteiger partial charge in [-0.05, 0) is 6.07 Å². The molecule has 2 N–H and O–H groups in total. The average Bonchev–Trinajstić information content (AvgIpc) is 2.07. The molecule has 4 nitrogen and oxygen atoms in total. The summed E-state index contributed by atoms with van der Waals surface area (Å²) in [6.45, 7) is 0. The predicted octanol–water partition coefficient (Wildman–Crippen LogP) is 1.04. The zero-order valence-electron chi connectivity index (χ0n) is 6.10. The molecule has 2 rings (SSSR count). The van der Waals surface area contributed by atoms with Crippen LogP contribution < -0.4 is 0 Å². The van der Waals surface area contributed by atoms with Crippen molar-refractivity contribution in [3.8, 4) is 11.5 Å². The van der Waals surface area contributed by atoms with Crippen molar-refractivity contribution in [3.05, 3.63) is 24.7 Å². The first-order chi connectivity index (χ1) is 5.77. The fraction of sp³-hybridized carbons (Fsp3) is 0. The smallest absolute Gasteiger partial charge is 0.159 e. The van der Waals surface area contributed by atoms with Crippen LogP contribution in [0.15, 0.2) is 24.7 Å². The second kappa shape index (κ2) is 2.34. The van der Waals surface area contributed by atoms with Crippen molar-refractivity contribution >= 4 is 10.9 Å². The quantitative estimate of drug-likeness (QED) is 0.568. The molecule has 0 aliphatic carbocycles. The number of rotatable bonds is 0. The minimum absolute atomic E-state index is 0.155. The van der Waals surface area contributed by atoms with E-state index in [9.17, 15) is 0 Å². The third-order valence-corrected chi connectivity index (χ3v) is 1.60. The number of aromatic nitrogens is 2. The Kier molecular flexibility index (Phi) is 1.33. The van der Waals surface area contributed by atoms with Crippen molar-refractivity contribution in [2.45, 2.75) is 0 Å². The highest BCUT2D eigenvalue weighted by Crippen LogP contribution is 2.28. The second-order valence-corrected chi connectivity index (χ2v) is 2.42. The first-order valence-corrected chi connectivity index (χ1v) is 3.39. The molecule has 0 unspecified atom stereocenters. The minimum Gasteiger partial charge on any atom is -0.504 e. The lowest BCUT2D eigenvalue weighted by Crippen LogP contribution is -1.80. The third-order valence-electron chi connectivity index (χ3n) is 1.60. The normalized spacial score (nSPS) is 10.3. The highest BCUT2D eigenvalue weighted by atomic mass is 16.3. The molecule has 0 aliphatic rings. The van der Waals surface area contributed by atoms with E-state index >= 15 is 0 Å². The van der Waals surface area contributed by atoms with Gasteiger partial charge >= 0.3 is 0 Å². The summed E-state index contributed by atoms with van der Waals surface area (Å²) >= 11 is 0. The van der Waals surface area contributed by atoms with Gasteiger partial charge in [0.05, 0.1) is 5.52 Å². The molecule has 60 valence electrons. The van der Waals surface area contributed by atoms with Gasteiger partial charge in [0, 0.05) is 17.6 Å². The topological polar surface area (TPSA) is 66.2 Å². The summed E-state index contributed by atoms with van der Waals surface area (Å²) in [5.74, 6) is -0.321. The van der Waals surface area contributed by atoms with E-state index in [0.717, 1.165) is 0 Å². The van der Waals surface area contributed by atoms with Crippen molar-refractivity contribution < 1.29 is 10.2 Å². The van der Waals surface area contributed by atoms with Gasteiger partial charge in [0.1, 0.15) is 6.33 Å². The maximum absolute atomic E-state index is 9.11. The van der Waals surface area contributed by atoms with Crippen LogP contribution in [0, 0.1) is 0 Å². The summed E-state index contributed by atoms with van der Waals surface area (Å²) in [6.07, 6.45) is 2.96. The Hall–Kier alpha value is -1.84. The van der Waals surface area contributed by atoms with Crippen molar-refractivity contribution in [2.75, 3.05) is 0 Å². The molecular formula is C8H6N2O2. The SMILES string of the molecule is Oc1cc2cncnc2cc1O. The van der Waals surface area contributed by atoms with Gasteiger partial charge in [-0.15, -0.1) is 0 Å². The summed E-state index contributed by atoms with van der Waals surface area (Å²) < 4.78 is 0. The third kappa shape index (κ3) is 0.934. The molecule has 1 aromatic heterocycles. The second-order valence-electron chi connectivity index (χ2n) is 2.42. The maximum Gasteiger partial charge on any atom is 0.159 e. The fourth-order valence-electron chi connectivity index (χ4n) is 1.01. The molecule has 1 aromatic carbocycles. The molecule has 0 radical (unpaired) electrons. The number of hydrogen-bond acceptors (Lipinski definition) is 4. The molecule has 0 saturated carbocycles. The Morgan fingerprint density at radius 3 is 2.67 bits per heavy atom. The van der Waals surface area contributed by atoms with E-state index in [1.165, 1.54) is 18.5 Å². The van der Waals surface area contributed by atoms with Gasteiger partial charge in [0.15, 0.2) is 11.5 Å². The molecule has 0 atom stereocenters. The molecule has 0 aliphatic heterocycles. The van der Waals surface area contributed by atoms with E-state index in [-0.39, 0.29) is 11.5 Å². The number of phenolic OH excluding ortho intramolecular Hbond substituents is 2. The van der Waals surface area contributed by atoms with Crippen LogP contribution in [0.3, 0.4) is 0 Å². The van der Waals surface area contributed by atoms with Gasteiger partial charge in [-0.25, -0.2) is 9.97 Å². The van der Waals surface area contributed by atoms with Crippen LogP contribution in [-0.4, -0.2) is 20.2 Å². The summed E-state index contributed by atoms with van der Waals surface area (Å²) in [6, 6.07) is 2.82. The predicted molar refractivity (Wildman–Crippen MR) is 42.9 cm³/mol. The molecule has 4 heteroatoms. The zero-order valence-corrected chi connectivity index (χ0v) is 6.10. The van der Waals surface area contributed by atoms with Crippen molar-refractivity contribution in [3.63, 3.8) is 0 Å². The van der Waals surface area contributed by atoms with E-state index < -0.39 is 0 Å². The van der Waals surface area contributed by atoms with Crippen LogP contribution in [0.5, 0.6) is 11.5 Å². The van der Waals surface area contributed by atoms with Crippen LogP contribution >= 0.6 is 0 Å². The van der Waals surface area contributed by atoms with Crippen LogP contribution in [0.1, 0.15) is 0 Å². The molecule has 2 aromatic rings. The standard InChI is InChI=1S/C8H6N2O2/c11-7-1-5-3-9-4-10-6(5)2-8(7)12/h1-4,11-12H. The Bertz CT molecular complexity index is 388. The van der Waals surface area contributed by atoms with Crippen LogP contribution in [-0.2, 0) is 0 Å². The van der Waals surface area contributed by atoms with Gasteiger partial charge in [-0.3, -0.25) is 0 Å². The maximum atomic E-state index is 9.11. The average molecular weight is 162 g/mol. The summed E-state index contributed by atoms with van der Waals surface area (Å²) in [5.41, 5.74) is 0.611. The highest BCUT2D eigenvalue weighted by molar-refractivity contribution is 5.81. The first kappa shape index (κ1) is 6.84. The Labute approximate surface area is 68.1 Å². The fourth-order valence-corrected chi connectivity index (χ4v) is 1.01. The van der Waals surface area contributed by atoms with Crippen molar-refractivity contribution in [2.24, 2.45) is 0 Å². The highest BCUT2D eigenvalue weighted by Gasteiger charge is 2.01. The van der Waals surface area contributed by atoms with E-state index in [1.807, 2.05) is 0 Å². The molecule has 0 spiro atoms. The molecular weight excluding hydrogens is 156 g/mol. The van der Waals surface area contributed by atoms with Gasteiger partial charge in [-0.2, -0.15) is 0 Å². The summed E-state index contributed by atoms with van der Waals surface area (Å²) in [7, 11) is 0. The van der Waals surface area contributed by atoms with Gasteiger partial charge < -0.3 is 10.2 Å². The monoisotopic (exact) mass is 162 g/mol. The molecule has 12 heavy (non-hydrogen) atoms. The number of aromatic hydroxyl groups is 2. The number of phenols is 2. The van der Waals surface area contributed by atoms with Crippen LogP contribution in [0.25, 0.3) is 10.9 Å². The number of fused-ring (bicyclic) bond motifs is 1. The van der Waals surface area contributed by atoms with Crippen molar-refractivity contribution in [1.29, 1.82) is 0 Å². The number of benzene rings is 1. The van der Waals surface area contributed by atoms with E-state index in [2.05, 4.69) is 9.97 Å². The molecule has 0 saturated heterocycles. The molecule has 0 fully saturated rings. The van der Waals surface area contributed by atoms with Gasteiger partial charge in [-0.1, -0.05) is 0 Å². The van der Waals surface area contributed by atoms with Gasteiger partial charge in [0.25, 0.3) is 0 Å². The molecule has 0 amide bonds. The molecule has 0 bridgehead atoms. The largest absolute Gasteiger partial charge is 0.504 e. The first-order valence-electron chi connectivity index (χ1n) is 3.39. The van der Waals surface area contributed by atoms with Crippen LogP contribution in [0.2, 0.25) is 0 Å². The summed E-state index contributed by atoms with van der Waals surface area (Å²) in [5, 5.41) is 18.9. The van der Waals surface area contributed by atoms with Crippen LogP contribution in [0.4, 0.5) is 0 Å². The lowest BCUT2D eigenvalue weighted by Gasteiger charge is -1.98. The van der Waals surface area contributed by atoms with E-state index in [0.29, 0.717) is 10.9 Å².